The van der Waals surface area contributed by atoms with E-state index in [2.05, 4.69) is 20.5 Å². The van der Waals surface area contributed by atoms with E-state index in [1.54, 1.807) is 12.0 Å². The van der Waals surface area contributed by atoms with Gasteiger partial charge in [-0.2, -0.15) is 0 Å². The van der Waals surface area contributed by atoms with E-state index in [0.29, 0.717) is 16.7 Å². The molecule has 7 nitrogen and oxygen atoms in total. The Morgan fingerprint density at radius 3 is 2.64 bits per heavy atom. The van der Waals surface area contributed by atoms with Gasteiger partial charge >= 0.3 is 6.09 Å². The van der Waals surface area contributed by atoms with Crippen LogP contribution in [0, 0.1) is 5.41 Å². The average molecular weight is 577 g/mol. The van der Waals surface area contributed by atoms with Gasteiger partial charge in [0.2, 0.25) is 0 Å². The summed E-state index contributed by atoms with van der Waals surface area (Å²) in [5.41, 5.74) is 1.60. The van der Waals surface area contributed by atoms with Crippen molar-refractivity contribution in [2.45, 2.75) is 45.1 Å². The fraction of sp³-hybridized carbons (Fsp3) is 0.481. The van der Waals surface area contributed by atoms with Gasteiger partial charge in [0.1, 0.15) is 21.8 Å². The second-order valence-electron chi connectivity index (χ2n) is 11.0. The topological polar surface area (TPSA) is 65.8 Å². The van der Waals surface area contributed by atoms with Crippen molar-refractivity contribution in [1.29, 1.82) is 0 Å². The number of fused-ring (bicyclic) bond motifs is 1. The highest BCUT2D eigenvalue weighted by Gasteiger charge is 2.55. The predicted octanol–water partition coefficient (Wildman–Crippen LogP) is 6.75. The van der Waals surface area contributed by atoms with E-state index < -0.39 is 5.60 Å². The summed E-state index contributed by atoms with van der Waals surface area (Å²) in [6.45, 7) is 7.34. The zero-order valence-corrected chi connectivity index (χ0v) is 23.6. The van der Waals surface area contributed by atoms with Crippen LogP contribution in [0.25, 0.3) is 22.0 Å². The van der Waals surface area contributed by atoms with Crippen LogP contribution in [0.4, 0.5) is 4.79 Å². The molecule has 5 rings (SSSR count). The van der Waals surface area contributed by atoms with Crippen LogP contribution in [0.5, 0.6) is 5.75 Å². The molecule has 192 valence electrons. The summed E-state index contributed by atoms with van der Waals surface area (Å²) < 4.78 is 19.3. The maximum Gasteiger partial charge on any atom is 0.410 e. The van der Waals surface area contributed by atoms with Gasteiger partial charge in [0, 0.05) is 54.6 Å². The first-order valence-electron chi connectivity index (χ1n) is 12.0. The van der Waals surface area contributed by atoms with E-state index in [-0.39, 0.29) is 18.3 Å². The van der Waals surface area contributed by atoms with Gasteiger partial charge in [-0.1, -0.05) is 23.7 Å². The highest BCUT2D eigenvalue weighted by Crippen LogP contribution is 2.56. The van der Waals surface area contributed by atoms with Crippen LogP contribution >= 0.6 is 27.5 Å². The number of imidazole rings is 1. The van der Waals surface area contributed by atoms with Gasteiger partial charge in [-0.15, -0.1) is 0 Å². The first-order valence-corrected chi connectivity index (χ1v) is 13.2. The largest absolute Gasteiger partial charge is 0.468 e. The first kappa shape index (κ1) is 25.4. The lowest BCUT2D eigenvalue weighted by Gasteiger charge is -2.58. The van der Waals surface area contributed by atoms with Crippen molar-refractivity contribution in [3.63, 3.8) is 0 Å². The normalized spacial score (nSPS) is 17.2. The molecule has 1 saturated heterocycles. The fourth-order valence-electron chi connectivity index (χ4n) is 5.54. The highest BCUT2D eigenvalue weighted by atomic mass is 79.9. The Morgan fingerprint density at radius 2 is 1.97 bits per heavy atom. The van der Waals surface area contributed by atoms with Crippen molar-refractivity contribution in [3.8, 4) is 17.0 Å². The predicted molar refractivity (Wildman–Crippen MR) is 144 cm³/mol. The molecule has 0 bridgehead atoms. The zero-order valence-electron chi connectivity index (χ0n) is 21.2. The van der Waals surface area contributed by atoms with E-state index in [4.69, 9.17) is 30.8 Å². The third kappa shape index (κ3) is 4.59. The van der Waals surface area contributed by atoms with Crippen LogP contribution in [-0.2, 0) is 16.5 Å². The molecule has 2 heterocycles. The molecule has 1 aliphatic carbocycles. The van der Waals surface area contributed by atoms with Crippen molar-refractivity contribution in [3.05, 3.63) is 45.8 Å². The Morgan fingerprint density at radius 1 is 1.25 bits per heavy atom. The van der Waals surface area contributed by atoms with Crippen LogP contribution in [0.3, 0.4) is 0 Å². The number of hydrogen-bond donors (Lipinski definition) is 0. The van der Waals surface area contributed by atoms with Crippen molar-refractivity contribution in [2.24, 2.45) is 12.5 Å². The molecule has 1 aliphatic heterocycles. The number of ether oxygens (including phenoxy) is 3. The maximum atomic E-state index is 12.4. The lowest BCUT2D eigenvalue weighted by atomic mass is 9.57. The number of carbonyl (C=O) groups is 1. The minimum absolute atomic E-state index is 0.161. The highest BCUT2D eigenvalue weighted by molar-refractivity contribution is 9.10. The van der Waals surface area contributed by atoms with Gasteiger partial charge in [-0.25, -0.2) is 9.78 Å². The van der Waals surface area contributed by atoms with E-state index in [9.17, 15) is 4.79 Å². The van der Waals surface area contributed by atoms with Crippen LogP contribution in [0.2, 0.25) is 5.02 Å². The van der Waals surface area contributed by atoms with Crippen molar-refractivity contribution in [1.82, 2.24) is 14.5 Å². The summed E-state index contributed by atoms with van der Waals surface area (Å²) in [4.78, 5) is 19.1. The molecule has 36 heavy (non-hydrogen) atoms. The molecular weight excluding hydrogens is 546 g/mol. The number of carbonyl (C=O) groups excluding carboxylic acids is 1. The fourth-order valence-corrected chi connectivity index (χ4v) is 6.48. The summed E-state index contributed by atoms with van der Waals surface area (Å²) >= 11 is 10.4. The van der Waals surface area contributed by atoms with Crippen molar-refractivity contribution in [2.75, 3.05) is 27.0 Å². The second kappa shape index (κ2) is 9.23. The maximum absolute atomic E-state index is 12.4. The summed E-state index contributed by atoms with van der Waals surface area (Å²) in [5.74, 6) is 2.06. The van der Waals surface area contributed by atoms with E-state index >= 15 is 0 Å². The molecule has 1 saturated carbocycles. The van der Waals surface area contributed by atoms with Gasteiger partial charge in [0.15, 0.2) is 6.79 Å². The number of methoxy groups -OCH3 is 1. The Bertz CT molecular complexity index is 1320. The number of benzene rings is 2. The SMILES string of the molecule is COCOc1cc(-c2c(Br)nc(C3CC4(C3)CN(C(=O)OC(C)(C)C)C4)n2C)c2c(Cl)cccc2c1. The molecule has 1 aromatic heterocycles. The molecule has 2 aromatic carbocycles. The third-order valence-electron chi connectivity index (χ3n) is 7.01. The Balaban J connectivity index is 1.39. The van der Waals surface area contributed by atoms with E-state index in [1.165, 1.54) is 0 Å². The molecule has 1 amide bonds. The minimum Gasteiger partial charge on any atom is -0.468 e. The Hall–Kier alpha value is -2.29. The van der Waals surface area contributed by atoms with Crippen molar-refractivity contribution >= 4 is 44.4 Å². The summed E-state index contributed by atoms with van der Waals surface area (Å²) in [7, 11) is 3.65. The van der Waals surface area contributed by atoms with Crippen LogP contribution < -0.4 is 4.74 Å². The molecule has 0 radical (unpaired) electrons. The van der Waals surface area contributed by atoms with Gasteiger partial charge in [-0.05, 0) is 73.1 Å². The number of nitrogens with zero attached hydrogens (tertiary/aromatic N) is 3. The standard InChI is InChI=1S/C27H31BrClN3O4/c1-26(2,3)36-25(33)32-13-27(14-32)11-17(12-27)24-30-23(28)22(31(24)4)19-10-18(35-15-34-5)9-16-7-6-8-20(29)21(16)19/h6-10,17H,11-15H2,1-5H3. The van der Waals surface area contributed by atoms with E-state index in [0.717, 1.165) is 58.4 Å². The van der Waals surface area contributed by atoms with Crippen LogP contribution in [0.1, 0.15) is 45.4 Å². The van der Waals surface area contributed by atoms with Gasteiger partial charge < -0.3 is 23.7 Å². The molecule has 2 fully saturated rings. The molecule has 3 aromatic rings. The molecular formula is C27H31BrClN3O4. The Labute approximate surface area is 224 Å². The second-order valence-corrected chi connectivity index (χ2v) is 12.1. The van der Waals surface area contributed by atoms with Gasteiger partial charge in [-0.3, -0.25) is 0 Å². The number of halogens is 2. The third-order valence-corrected chi connectivity index (χ3v) is 7.88. The molecule has 1 spiro atoms. The summed E-state index contributed by atoms with van der Waals surface area (Å²) in [6, 6.07) is 9.82. The number of hydrogen-bond acceptors (Lipinski definition) is 5. The van der Waals surface area contributed by atoms with Gasteiger partial charge in [0.25, 0.3) is 0 Å². The quantitative estimate of drug-likeness (QED) is 0.314. The molecule has 2 aliphatic rings. The number of aromatic nitrogens is 2. The smallest absolute Gasteiger partial charge is 0.410 e. The first-order chi connectivity index (χ1) is 17.0. The van der Waals surface area contributed by atoms with Gasteiger partial charge in [0.05, 0.1) is 5.69 Å². The molecule has 0 N–H and O–H groups in total. The van der Waals surface area contributed by atoms with Crippen LogP contribution in [0.15, 0.2) is 34.9 Å². The summed E-state index contributed by atoms with van der Waals surface area (Å²) in [5, 5.41) is 2.62. The Kier molecular flexibility index (Phi) is 6.50. The lowest BCUT2D eigenvalue weighted by Crippen LogP contribution is -2.63. The number of amides is 1. The van der Waals surface area contributed by atoms with E-state index in [1.807, 2.05) is 58.2 Å². The molecule has 0 atom stereocenters. The zero-order chi connectivity index (χ0) is 25.8. The monoisotopic (exact) mass is 575 g/mol. The molecule has 9 heteroatoms. The summed E-state index contributed by atoms with van der Waals surface area (Å²) in [6.07, 6.45) is 1.78. The minimum atomic E-state index is -0.476. The number of likely N-dealkylation sites (tertiary alicyclic amines) is 1. The van der Waals surface area contributed by atoms with Crippen LogP contribution in [-0.4, -0.2) is 53.1 Å². The lowest BCUT2D eigenvalue weighted by molar-refractivity contribution is -0.0801. The average Bonchev–Trinajstić information content (AvgIpc) is 3.02. The van der Waals surface area contributed by atoms with Crippen molar-refractivity contribution < 1.29 is 19.0 Å². The molecule has 0 unspecified atom stereocenters. The number of rotatable bonds is 5.